The summed E-state index contributed by atoms with van der Waals surface area (Å²) in [5.74, 6) is 0.313. The van der Waals surface area contributed by atoms with Crippen LogP contribution in [0.15, 0.2) is 28.8 Å². The van der Waals surface area contributed by atoms with Gasteiger partial charge in [-0.3, -0.25) is 10.1 Å². The van der Waals surface area contributed by atoms with Gasteiger partial charge in [-0.1, -0.05) is 17.3 Å². The van der Waals surface area contributed by atoms with Gasteiger partial charge in [-0.25, -0.2) is 0 Å². The van der Waals surface area contributed by atoms with Gasteiger partial charge in [0.15, 0.2) is 0 Å². The van der Waals surface area contributed by atoms with Crippen molar-refractivity contribution in [1.29, 1.82) is 0 Å². The molecule has 0 bridgehead atoms. The molecule has 2 rings (SSSR count). The van der Waals surface area contributed by atoms with Crippen LogP contribution in [-0.2, 0) is 0 Å². The number of hydrogen-bond donors (Lipinski definition) is 1. The van der Waals surface area contributed by atoms with E-state index in [1.807, 2.05) is 0 Å². The molecule has 2 aromatic rings. The van der Waals surface area contributed by atoms with Gasteiger partial charge in [0.05, 0.1) is 4.92 Å². The van der Waals surface area contributed by atoms with Crippen LogP contribution in [-0.4, -0.2) is 22.1 Å². The van der Waals surface area contributed by atoms with Crippen molar-refractivity contribution in [3.8, 4) is 11.4 Å². The third-order valence-electron chi connectivity index (χ3n) is 1.96. The van der Waals surface area contributed by atoms with Gasteiger partial charge in [-0.15, -0.1) is 0 Å². The van der Waals surface area contributed by atoms with E-state index in [0.29, 0.717) is 11.4 Å². The minimum atomic E-state index is -0.470. The molecule has 0 amide bonds. The number of nitro benzene ring substituents is 1. The fourth-order valence-corrected chi connectivity index (χ4v) is 1.20. The van der Waals surface area contributed by atoms with Gasteiger partial charge < -0.3 is 9.84 Å². The number of hydrogen-bond acceptors (Lipinski definition) is 6. The highest BCUT2D eigenvalue weighted by Crippen LogP contribution is 2.21. The van der Waals surface area contributed by atoms with Gasteiger partial charge in [-0.05, 0) is 0 Å². The summed E-state index contributed by atoms with van der Waals surface area (Å²) in [7, 11) is 1.64. The highest BCUT2D eigenvalue weighted by Gasteiger charge is 2.11. The molecule has 1 aromatic heterocycles. The fourth-order valence-electron chi connectivity index (χ4n) is 1.20. The molecule has 0 spiro atoms. The zero-order valence-electron chi connectivity index (χ0n) is 8.38. The Morgan fingerprint density at radius 3 is 2.94 bits per heavy atom. The smallest absolute Gasteiger partial charge is 0.321 e. The zero-order chi connectivity index (χ0) is 11.5. The molecule has 7 heteroatoms. The lowest BCUT2D eigenvalue weighted by Gasteiger charge is -1.94. The Morgan fingerprint density at radius 1 is 1.50 bits per heavy atom. The molecule has 0 aliphatic heterocycles. The number of non-ortho nitro benzene ring substituents is 1. The maximum Gasteiger partial charge on any atom is 0.321 e. The van der Waals surface area contributed by atoms with Crippen LogP contribution in [0.4, 0.5) is 11.7 Å². The van der Waals surface area contributed by atoms with Gasteiger partial charge >= 0.3 is 6.01 Å². The number of nitrogens with one attached hydrogen (secondary N) is 1. The van der Waals surface area contributed by atoms with E-state index >= 15 is 0 Å². The molecule has 0 fully saturated rings. The first-order valence-corrected chi connectivity index (χ1v) is 4.47. The Labute approximate surface area is 90.2 Å². The largest absolute Gasteiger partial charge is 0.341 e. The van der Waals surface area contributed by atoms with E-state index < -0.39 is 4.92 Å². The summed E-state index contributed by atoms with van der Waals surface area (Å²) >= 11 is 0. The molecule has 0 saturated carbocycles. The molecule has 16 heavy (non-hydrogen) atoms. The molecule has 1 N–H and O–H groups in total. The Bertz CT molecular complexity index is 523. The molecule has 0 saturated heterocycles. The molecular weight excluding hydrogens is 212 g/mol. The molecular formula is C9H8N4O3. The monoisotopic (exact) mass is 220 g/mol. The molecule has 7 nitrogen and oxygen atoms in total. The number of anilines is 1. The number of rotatable bonds is 3. The predicted molar refractivity (Wildman–Crippen MR) is 55.9 cm³/mol. The first-order valence-electron chi connectivity index (χ1n) is 4.47. The van der Waals surface area contributed by atoms with Crippen molar-refractivity contribution in [3.05, 3.63) is 34.4 Å². The van der Waals surface area contributed by atoms with Crippen LogP contribution in [0.2, 0.25) is 0 Å². The van der Waals surface area contributed by atoms with Crippen molar-refractivity contribution in [2.24, 2.45) is 0 Å². The Morgan fingerprint density at radius 2 is 2.31 bits per heavy atom. The molecule has 82 valence electrons. The van der Waals surface area contributed by atoms with Crippen LogP contribution < -0.4 is 5.32 Å². The maximum atomic E-state index is 10.6. The van der Waals surface area contributed by atoms with Crippen LogP contribution >= 0.6 is 0 Å². The lowest BCUT2D eigenvalue weighted by Crippen LogP contribution is -1.89. The van der Waals surface area contributed by atoms with Crippen molar-refractivity contribution >= 4 is 11.7 Å². The minimum absolute atomic E-state index is 0.00620. The average Bonchev–Trinajstić information content (AvgIpc) is 2.77. The normalized spacial score (nSPS) is 10.1. The molecule has 1 aromatic carbocycles. The van der Waals surface area contributed by atoms with Crippen molar-refractivity contribution in [1.82, 2.24) is 10.1 Å². The maximum absolute atomic E-state index is 10.6. The van der Waals surface area contributed by atoms with E-state index in [1.165, 1.54) is 12.1 Å². The number of benzene rings is 1. The lowest BCUT2D eigenvalue weighted by molar-refractivity contribution is -0.384. The Hall–Kier alpha value is -2.44. The van der Waals surface area contributed by atoms with Gasteiger partial charge in [0, 0.05) is 24.7 Å². The SMILES string of the molecule is CNc1nc(-c2cccc([N+](=O)[O-])c2)no1. The van der Waals surface area contributed by atoms with Crippen molar-refractivity contribution in [2.75, 3.05) is 12.4 Å². The van der Waals surface area contributed by atoms with E-state index in [2.05, 4.69) is 15.5 Å². The first kappa shape index (κ1) is 10.1. The highest BCUT2D eigenvalue weighted by atomic mass is 16.6. The molecule has 0 unspecified atom stereocenters. The van der Waals surface area contributed by atoms with Gasteiger partial charge in [0.25, 0.3) is 5.69 Å². The second kappa shape index (κ2) is 3.97. The van der Waals surface area contributed by atoms with E-state index in [1.54, 1.807) is 19.2 Å². The van der Waals surface area contributed by atoms with Crippen LogP contribution in [0.5, 0.6) is 0 Å². The summed E-state index contributed by atoms with van der Waals surface area (Å²) in [6.07, 6.45) is 0. The zero-order valence-corrected chi connectivity index (χ0v) is 8.38. The van der Waals surface area contributed by atoms with Crippen LogP contribution in [0.1, 0.15) is 0 Å². The average molecular weight is 220 g/mol. The third-order valence-corrected chi connectivity index (χ3v) is 1.96. The molecule has 0 aliphatic rings. The third kappa shape index (κ3) is 1.83. The van der Waals surface area contributed by atoms with Crippen LogP contribution in [0, 0.1) is 10.1 Å². The number of aromatic nitrogens is 2. The van der Waals surface area contributed by atoms with Crippen LogP contribution in [0.25, 0.3) is 11.4 Å². The Balaban J connectivity index is 2.40. The highest BCUT2D eigenvalue weighted by molar-refractivity contribution is 5.59. The van der Waals surface area contributed by atoms with Gasteiger partial charge in [0.2, 0.25) is 5.82 Å². The molecule has 0 atom stereocenters. The van der Waals surface area contributed by atoms with Crippen LogP contribution in [0.3, 0.4) is 0 Å². The van der Waals surface area contributed by atoms with E-state index in [9.17, 15) is 10.1 Å². The summed E-state index contributed by atoms with van der Waals surface area (Å²) in [4.78, 5) is 14.1. The Kier molecular flexibility index (Phi) is 2.50. The van der Waals surface area contributed by atoms with E-state index in [-0.39, 0.29) is 11.7 Å². The number of nitro groups is 1. The summed E-state index contributed by atoms with van der Waals surface area (Å²) in [6.45, 7) is 0. The lowest BCUT2D eigenvalue weighted by atomic mass is 10.2. The van der Waals surface area contributed by atoms with Gasteiger partial charge in [0.1, 0.15) is 0 Å². The molecule has 0 radical (unpaired) electrons. The van der Waals surface area contributed by atoms with Crippen molar-refractivity contribution in [2.45, 2.75) is 0 Å². The summed E-state index contributed by atoms with van der Waals surface area (Å²) in [5.41, 5.74) is 0.535. The van der Waals surface area contributed by atoms with E-state index in [4.69, 9.17) is 4.52 Å². The standard InChI is InChI=1S/C9H8N4O3/c1-10-9-11-8(12-16-9)6-3-2-4-7(5-6)13(14)15/h2-5H,1H3,(H,10,11,12). The second-order valence-corrected chi connectivity index (χ2v) is 2.98. The predicted octanol–water partition coefficient (Wildman–Crippen LogP) is 1.69. The molecule has 0 aliphatic carbocycles. The summed E-state index contributed by atoms with van der Waals surface area (Å²) in [5, 5.41) is 16.9. The minimum Gasteiger partial charge on any atom is -0.341 e. The fraction of sp³-hybridized carbons (Fsp3) is 0.111. The second-order valence-electron chi connectivity index (χ2n) is 2.98. The van der Waals surface area contributed by atoms with Gasteiger partial charge in [-0.2, -0.15) is 4.98 Å². The van der Waals surface area contributed by atoms with E-state index in [0.717, 1.165) is 0 Å². The van der Waals surface area contributed by atoms with Crippen molar-refractivity contribution in [3.63, 3.8) is 0 Å². The topological polar surface area (TPSA) is 94.1 Å². The molecule has 1 heterocycles. The first-order chi connectivity index (χ1) is 7.70. The van der Waals surface area contributed by atoms with Crippen molar-refractivity contribution < 1.29 is 9.45 Å². The summed E-state index contributed by atoms with van der Waals surface area (Å²) in [6, 6.07) is 6.31. The quantitative estimate of drug-likeness (QED) is 0.624. The summed E-state index contributed by atoms with van der Waals surface area (Å²) < 4.78 is 4.83. The number of nitrogens with zero attached hydrogens (tertiary/aromatic N) is 3.